The van der Waals surface area contributed by atoms with Crippen molar-refractivity contribution in [3.8, 4) is 0 Å². The van der Waals surface area contributed by atoms with E-state index in [0.29, 0.717) is 11.4 Å². The maximum atomic E-state index is 12.5. The number of rotatable bonds is 17. The minimum absolute atomic E-state index is 0.209. The standard InChI is InChI=1S/C26H43ClO/c1-4-5-6-7-8-9-10-11-12-13-14-15-16-17-18-19-25(28)26-23(3)22(2)20-21-24(26)27/h20-21H,4-19H2,1-3H3. The van der Waals surface area contributed by atoms with Gasteiger partial charge in [0, 0.05) is 12.0 Å². The fourth-order valence-electron chi connectivity index (χ4n) is 3.91. The molecule has 0 heterocycles. The monoisotopic (exact) mass is 406 g/mol. The van der Waals surface area contributed by atoms with Gasteiger partial charge in [-0.1, -0.05) is 114 Å². The van der Waals surface area contributed by atoms with Gasteiger partial charge in [0.05, 0.1) is 5.02 Å². The average molecular weight is 407 g/mol. The van der Waals surface area contributed by atoms with Gasteiger partial charge < -0.3 is 0 Å². The lowest BCUT2D eigenvalue weighted by Crippen LogP contribution is -2.04. The van der Waals surface area contributed by atoms with E-state index < -0.39 is 0 Å². The molecule has 1 rings (SSSR count). The van der Waals surface area contributed by atoms with Crippen LogP contribution in [0, 0.1) is 13.8 Å². The van der Waals surface area contributed by atoms with Crippen LogP contribution in [-0.2, 0) is 0 Å². The molecule has 0 saturated carbocycles. The van der Waals surface area contributed by atoms with Gasteiger partial charge in [-0.3, -0.25) is 4.79 Å². The molecule has 0 unspecified atom stereocenters. The molecule has 0 aliphatic rings. The molecule has 0 N–H and O–H groups in total. The molecule has 0 radical (unpaired) electrons. The van der Waals surface area contributed by atoms with Crippen molar-refractivity contribution in [3.05, 3.63) is 33.8 Å². The molecule has 0 atom stereocenters. The molecule has 0 aliphatic carbocycles. The van der Waals surface area contributed by atoms with Crippen molar-refractivity contribution >= 4 is 17.4 Å². The molecule has 1 aromatic rings. The highest BCUT2D eigenvalue weighted by molar-refractivity contribution is 6.34. The molecule has 1 aromatic carbocycles. The second-order valence-electron chi connectivity index (χ2n) is 8.49. The molecule has 28 heavy (non-hydrogen) atoms. The van der Waals surface area contributed by atoms with Crippen LogP contribution < -0.4 is 0 Å². The Morgan fingerprint density at radius 2 is 1.14 bits per heavy atom. The normalized spacial score (nSPS) is 11.1. The summed E-state index contributed by atoms with van der Waals surface area (Å²) >= 11 is 6.25. The second kappa shape index (κ2) is 16.0. The number of benzene rings is 1. The predicted molar refractivity (Wildman–Crippen MR) is 125 cm³/mol. The lowest BCUT2D eigenvalue weighted by Gasteiger charge is -2.10. The van der Waals surface area contributed by atoms with Crippen LogP contribution in [0.3, 0.4) is 0 Å². The molecule has 0 bridgehead atoms. The van der Waals surface area contributed by atoms with Crippen LogP contribution in [0.1, 0.15) is 131 Å². The Labute approximate surface area is 179 Å². The van der Waals surface area contributed by atoms with E-state index in [1.54, 1.807) is 0 Å². The Bertz CT molecular complexity index is 550. The minimum Gasteiger partial charge on any atom is -0.294 e. The summed E-state index contributed by atoms with van der Waals surface area (Å²) < 4.78 is 0. The van der Waals surface area contributed by atoms with Crippen molar-refractivity contribution in [3.63, 3.8) is 0 Å². The van der Waals surface area contributed by atoms with Gasteiger partial charge in [-0.15, -0.1) is 0 Å². The zero-order chi connectivity index (χ0) is 20.6. The number of halogens is 1. The van der Waals surface area contributed by atoms with E-state index in [9.17, 15) is 4.79 Å². The molecule has 0 saturated heterocycles. The maximum absolute atomic E-state index is 12.5. The highest BCUT2D eigenvalue weighted by Crippen LogP contribution is 2.25. The quantitative estimate of drug-likeness (QED) is 0.186. The number of Topliss-reactive ketones (excluding diaryl/α,β-unsaturated/α-hetero) is 1. The van der Waals surface area contributed by atoms with Gasteiger partial charge in [-0.25, -0.2) is 0 Å². The Morgan fingerprint density at radius 3 is 1.61 bits per heavy atom. The molecule has 2 heteroatoms. The first-order valence-corrected chi connectivity index (χ1v) is 12.2. The molecule has 0 aromatic heterocycles. The second-order valence-corrected chi connectivity index (χ2v) is 8.89. The van der Waals surface area contributed by atoms with Gasteiger partial charge in [0.25, 0.3) is 0 Å². The largest absolute Gasteiger partial charge is 0.294 e. The fraction of sp³-hybridized carbons (Fsp3) is 0.731. The van der Waals surface area contributed by atoms with Gasteiger partial charge in [0.1, 0.15) is 0 Å². The number of hydrogen-bond acceptors (Lipinski definition) is 1. The van der Waals surface area contributed by atoms with Crippen molar-refractivity contribution in [2.75, 3.05) is 0 Å². The number of carbonyl (C=O) groups is 1. The number of hydrogen-bond donors (Lipinski definition) is 0. The van der Waals surface area contributed by atoms with E-state index in [2.05, 4.69) is 6.92 Å². The van der Waals surface area contributed by atoms with Gasteiger partial charge in [0.15, 0.2) is 5.78 Å². The summed E-state index contributed by atoms with van der Waals surface area (Å²) in [4.78, 5) is 12.5. The topological polar surface area (TPSA) is 17.1 Å². The van der Waals surface area contributed by atoms with E-state index in [1.807, 2.05) is 26.0 Å². The van der Waals surface area contributed by atoms with Gasteiger partial charge in [-0.2, -0.15) is 0 Å². The molecule has 0 spiro atoms. The first kappa shape index (κ1) is 25.2. The third-order valence-electron chi connectivity index (χ3n) is 5.97. The zero-order valence-corrected chi connectivity index (χ0v) is 19.5. The van der Waals surface area contributed by atoms with Crippen molar-refractivity contribution in [2.45, 2.75) is 124 Å². The van der Waals surface area contributed by atoms with Gasteiger partial charge >= 0.3 is 0 Å². The Morgan fingerprint density at radius 1 is 0.714 bits per heavy atom. The summed E-state index contributed by atoms with van der Waals surface area (Å²) in [6, 6.07) is 3.84. The number of ketones is 1. The van der Waals surface area contributed by atoms with Crippen LogP contribution in [0.15, 0.2) is 12.1 Å². The summed E-state index contributed by atoms with van der Waals surface area (Å²) in [7, 11) is 0. The van der Waals surface area contributed by atoms with E-state index in [4.69, 9.17) is 11.6 Å². The highest BCUT2D eigenvalue weighted by Gasteiger charge is 2.14. The van der Waals surface area contributed by atoms with Crippen LogP contribution in [0.25, 0.3) is 0 Å². The highest BCUT2D eigenvalue weighted by atomic mass is 35.5. The number of carbonyl (C=O) groups excluding carboxylic acids is 1. The zero-order valence-electron chi connectivity index (χ0n) is 18.8. The fourth-order valence-corrected chi connectivity index (χ4v) is 4.22. The summed E-state index contributed by atoms with van der Waals surface area (Å²) in [5.74, 6) is 0.209. The SMILES string of the molecule is CCCCCCCCCCCCCCCCCC(=O)c1c(Cl)ccc(C)c1C. The lowest BCUT2D eigenvalue weighted by molar-refractivity contribution is 0.0978. The smallest absolute Gasteiger partial charge is 0.164 e. The maximum Gasteiger partial charge on any atom is 0.164 e. The number of unbranched alkanes of at least 4 members (excludes halogenated alkanes) is 14. The minimum atomic E-state index is 0.209. The van der Waals surface area contributed by atoms with Crippen LogP contribution >= 0.6 is 11.6 Å². The van der Waals surface area contributed by atoms with E-state index in [-0.39, 0.29) is 5.78 Å². The van der Waals surface area contributed by atoms with Gasteiger partial charge in [0.2, 0.25) is 0 Å². The molecule has 160 valence electrons. The molecule has 0 amide bonds. The Balaban J connectivity index is 1.96. The van der Waals surface area contributed by atoms with Gasteiger partial charge in [-0.05, 0) is 37.5 Å². The lowest BCUT2D eigenvalue weighted by atomic mass is 9.96. The van der Waals surface area contributed by atoms with Crippen molar-refractivity contribution in [2.24, 2.45) is 0 Å². The first-order chi connectivity index (χ1) is 13.6. The first-order valence-electron chi connectivity index (χ1n) is 11.9. The molecular formula is C26H43ClO. The van der Waals surface area contributed by atoms with Crippen LogP contribution in [-0.4, -0.2) is 5.78 Å². The Hall–Kier alpha value is -0.820. The van der Waals surface area contributed by atoms with E-state index in [1.165, 1.54) is 83.5 Å². The average Bonchev–Trinajstić information content (AvgIpc) is 2.68. The van der Waals surface area contributed by atoms with E-state index in [0.717, 1.165) is 29.5 Å². The Kier molecular flexibility index (Phi) is 14.4. The molecule has 1 nitrogen and oxygen atoms in total. The van der Waals surface area contributed by atoms with Crippen molar-refractivity contribution < 1.29 is 4.79 Å². The third-order valence-corrected chi connectivity index (χ3v) is 6.29. The third kappa shape index (κ3) is 10.6. The summed E-state index contributed by atoms with van der Waals surface area (Å²) in [6.45, 7) is 6.32. The molecule has 0 fully saturated rings. The van der Waals surface area contributed by atoms with Crippen molar-refractivity contribution in [1.29, 1.82) is 0 Å². The summed E-state index contributed by atoms with van der Waals surface area (Å²) in [5.41, 5.74) is 2.93. The van der Waals surface area contributed by atoms with Crippen LogP contribution in [0.4, 0.5) is 0 Å². The van der Waals surface area contributed by atoms with E-state index >= 15 is 0 Å². The molecule has 0 aliphatic heterocycles. The summed E-state index contributed by atoms with van der Waals surface area (Å²) in [5, 5.41) is 0.606. The molecular weight excluding hydrogens is 364 g/mol. The van der Waals surface area contributed by atoms with Crippen LogP contribution in [0.5, 0.6) is 0 Å². The van der Waals surface area contributed by atoms with Crippen molar-refractivity contribution in [1.82, 2.24) is 0 Å². The predicted octanol–water partition coefficient (Wildman–Crippen LogP) is 9.40. The van der Waals surface area contributed by atoms with Crippen LogP contribution in [0.2, 0.25) is 5.02 Å². The summed E-state index contributed by atoms with van der Waals surface area (Å²) in [6.07, 6.45) is 20.8. The number of aryl methyl sites for hydroxylation is 1.